The average molecular weight is 335 g/mol. The fraction of sp³-hybridized carbons (Fsp3) is 1.00. The molecule has 0 aromatic carbocycles. The first-order chi connectivity index (χ1) is 11.7. The number of hydrogen-bond donors (Lipinski definition) is 1. The Hall–Kier alpha value is -0.0400. The van der Waals surface area contributed by atoms with Crippen molar-refractivity contribution in [2.24, 2.45) is 41.4 Å². The lowest BCUT2D eigenvalue weighted by Gasteiger charge is -2.44. The van der Waals surface area contributed by atoms with Gasteiger partial charge in [0.25, 0.3) is 0 Å². The first-order valence-corrected chi connectivity index (χ1v) is 11.4. The Kier molecular flexibility index (Phi) is 7.07. The van der Waals surface area contributed by atoms with E-state index in [0.717, 1.165) is 35.5 Å². The van der Waals surface area contributed by atoms with Gasteiger partial charge in [0.15, 0.2) is 0 Å². The first kappa shape index (κ1) is 18.7. The molecule has 3 unspecified atom stereocenters. The molecule has 1 nitrogen and oxygen atoms in total. The molecule has 1 heteroatoms. The summed E-state index contributed by atoms with van der Waals surface area (Å²) in [4.78, 5) is 0. The highest BCUT2D eigenvalue weighted by Crippen LogP contribution is 2.48. The lowest BCUT2D eigenvalue weighted by Crippen LogP contribution is -2.34. The van der Waals surface area contributed by atoms with E-state index >= 15 is 0 Å². The average Bonchev–Trinajstić information content (AvgIpc) is 2.67. The summed E-state index contributed by atoms with van der Waals surface area (Å²) in [5.41, 5.74) is 0. The summed E-state index contributed by atoms with van der Waals surface area (Å²) in [6.07, 6.45) is 18.9. The molecule has 3 aliphatic rings. The van der Waals surface area contributed by atoms with Crippen LogP contribution in [0.15, 0.2) is 0 Å². The van der Waals surface area contributed by atoms with Gasteiger partial charge in [-0.3, -0.25) is 0 Å². The SMILES string of the molecule is CCC1CCC(C2CCC(C3CCC(CO)CC3CC)CC2)CC1. The molecular formula is C23H42O. The third-order valence-corrected chi connectivity index (χ3v) is 8.49. The van der Waals surface area contributed by atoms with E-state index in [9.17, 15) is 5.11 Å². The third-order valence-electron chi connectivity index (χ3n) is 8.49. The highest BCUT2D eigenvalue weighted by atomic mass is 16.3. The number of hydrogen-bond acceptors (Lipinski definition) is 1. The van der Waals surface area contributed by atoms with Crippen molar-refractivity contribution in [3.63, 3.8) is 0 Å². The summed E-state index contributed by atoms with van der Waals surface area (Å²) in [6.45, 7) is 5.19. The minimum absolute atomic E-state index is 0.427. The number of aliphatic hydroxyl groups excluding tert-OH is 1. The quantitative estimate of drug-likeness (QED) is 0.613. The van der Waals surface area contributed by atoms with Gasteiger partial charge in [0, 0.05) is 6.61 Å². The fourth-order valence-corrected chi connectivity index (χ4v) is 6.75. The second-order valence-corrected chi connectivity index (χ2v) is 9.56. The Balaban J connectivity index is 1.46. The van der Waals surface area contributed by atoms with Crippen molar-refractivity contribution in [2.75, 3.05) is 6.61 Å². The van der Waals surface area contributed by atoms with Crippen molar-refractivity contribution in [1.29, 1.82) is 0 Å². The lowest BCUT2D eigenvalue weighted by atomic mass is 9.62. The van der Waals surface area contributed by atoms with Crippen molar-refractivity contribution in [3.8, 4) is 0 Å². The molecular weight excluding hydrogens is 292 g/mol. The third kappa shape index (κ3) is 4.37. The molecule has 1 N–H and O–H groups in total. The molecule has 0 bridgehead atoms. The lowest BCUT2D eigenvalue weighted by molar-refractivity contribution is 0.0521. The maximum atomic E-state index is 9.52. The molecule has 3 atom stereocenters. The maximum Gasteiger partial charge on any atom is 0.0459 e. The molecule has 0 aromatic rings. The first-order valence-electron chi connectivity index (χ1n) is 11.4. The molecule has 3 fully saturated rings. The Morgan fingerprint density at radius 3 is 1.71 bits per heavy atom. The summed E-state index contributed by atoms with van der Waals surface area (Å²) in [7, 11) is 0. The van der Waals surface area contributed by atoms with Crippen molar-refractivity contribution >= 4 is 0 Å². The van der Waals surface area contributed by atoms with Crippen LogP contribution in [-0.4, -0.2) is 11.7 Å². The summed E-state index contributed by atoms with van der Waals surface area (Å²) >= 11 is 0. The monoisotopic (exact) mass is 334 g/mol. The van der Waals surface area contributed by atoms with E-state index in [2.05, 4.69) is 13.8 Å². The molecule has 0 saturated heterocycles. The Labute approximate surface area is 151 Å². The van der Waals surface area contributed by atoms with Crippen LogP contribution < -0.4 is 0 Å². The summed E-state index contributed by atoms with van der Waals surface area (Å²) in [5.74, 6) is 6.68. The zero-order chi connectivity index (χ0) is 16.9. The molecule has 0 spiro atoms. The van der Waals surface area contributed by atoms with E-state index in [1.54, 1.807) is 0 Å². The van der Waals surface area contributed by atoms with Gasteiger partial charge in [0.2, 0.25) is 0 Å². The van der Waals surface area contributed by atoms with Crippen LogP contribution in [0.5, 0.6) is 0 Å². The van der Waals surface area contributed by atoms with E-state index in [4.69, 9.17) is 0 Å². The van der Waals surface area contributed by atoms with E-state index in [1.165, 1.54) is 83.5 Å². The second-order valence-electron chi connectivity index (χ2n) is 9.56. The molecule has 140 valence electrons. The summed E-state index contributed by atoms with van der Waals surface area (Å²) in [6, 6.07) is 0. The fourth-order valence-electron chi connectivity index (χ4n) is 6.75. The Morgan fingerprint density at radius 2 is 1.17 bits per heavy atom. The zero-order valence-corrected chi connectivity index (χ0v) is 16.4. The predicted octanol–water partition coefficient (Wildman–Crippen LogP) is 6.44. The van der Waals surface area contributed by atoms with E-state index < -0.39 is 0 Å². The van der Waals surface area contributed by atoms with E-state index in [-0.39, 0.29) is 0 Å². The number of aliphatic hydroxyl groups is 1. The standard InChI is InChI=1S/C23H42O/c1-3-17-5-8-20(9-6-17)21-10-12-22(13-11-21)23-14-7-18(16-24)15-19(23)4-2/h17-24H,3-16H2,1-2H3. The Morgan fingerprint density at radius 1 is 0.625 bits per heavy atom. The number of rotatable bonds is 5. The minimum atomic E-state index is 0.427. The van der Waals surface area contributed by atoms with Crippen LogP contribution in [0.3, 0.4) is 0 Å². The molecule has 0 aliphatic heterocycles. The van der Waals surface area contributed by atoms with Gasteiger partial charge in [0.1, 0.15) is 0 Å². The van der Waals surface area contributed by atoms with Gasteiger partial charge in [-0.05, 0) is 99.2 Å². The molecule has 0 radical (unpaired) electrons. The predicted molar refractivity (Wildman–Crippen MR) is 103 cm³/mol. The molecule has 3 saturated carbocycles. The van der Waals surface area contributed by atoms with Crippen LogP contribution >= 0.6 is 0 Å². The highest BCUT2D eigenvalue weighted by Gasteiger charge is 2.37. The van der Waals surface area contributed by atoms with Crippen molar-refractivity contribution < 1.29 is 5.11 Å². The molecule has 0 amide bonds. The Bertz CT molecular complexity index is 349. The van der Waals surface area contributed by atoms with Crippen molar-refractivity contribution in [1.82, 2.24) is 0 Å². The van der Waals surface area contributed by atoms with Gasteiger partial charge >= 0.3 is 0 Å². The minimum Gasteiger partial charge on any atom is -0.396 e. The van der Waals surface area contributed by atoms with E-state index in [1.807, 2.05) is 0 Å². The largest absolute Gasteiger partial charge is 0.396 e. The van der Waals surface area contributed by atoms with Crippen LogP contribution in [0.1, 0.15) is 97.3 Å². The van der Waals surface area contributed by atoms with Gasteiger partial charge in [-0.15, -0.1) is 0 Å². The maximum absolute atomic E-state index is 9.52. The van der Waals surface area contributed by atoms with Gasteiger partial charge in [-0.2, -0.15) is 0 Å². The van der Waals surface area contributed by atoms with Crippen LogP contribution in [-0.2, 0) is 0 Å². The highest BCUT2D eigenvalue weighted by molar-refractivity contribution is 4.88. The molecule has 3 rings (SSSR count). The van der Waals surface area contributed by atoms with Gasteiger partial charge in [-0.1, -0.05) is 39.5 Å². The molecule has 3 aliphatic carbocycles. The van der Waals surface area contributed by atoms with Crippen LogP contribution in [0, 0.1) is 41.4 Å². The van der Waals surface area contributed by atoms with Crippen LogP contribution in [0.4, 0.5) is 0 Å². The molecule has 0 aromatic heterocycles. The second kappa shape index (κ2) is 9.06. The smallest absolute Gasteiger partial charge is 0.0459 e. The topological polar surface area (TPSA) is 20.2 Å². The van der Waals surface area contributed by atoms with Crippen LogP contribution in [0.2, 0.25) is 0 Å². The summed E-state index contributed by atoms with van der Waals surface area (Å²) in [5, 5.41) is 9.52. The van der Waals surface area contributed by atoms with Gasteiger partial charge in [0.05, 0.1) is 0 Å². The van der Waals surface area contributed by atoms with Gasteiger partial charge < -0.3 is 5.11 Å². The molecule has 24 heavy (non-hydrogen) atoms. The summed E-state index contributed by atoms with van der Waals surface area (Å²) < 4.78 is 0. The van der Waals surface area contributed by atoms with E-state index in [0.29, 0.717) is 12.5 Å². The van der Waals surface area contributed by atoms with Gasteiger partial charge in [-0.25, -0.2) is 0 Å². The van der Waals surface area contributed by atoms with Crippen molar-refractivity contribution in [2.45, 2.75) is 97.3 Å². The molecule has 0 heterocycles. The normalized spacial score (nSPS) is 44.4. The van der Waals surface area contributed by atoms with Crippen molar-refractivity contribution in [3.05, 3.63) is 0 Å². The van der Waals surface area contributed by atoms with Crippen LogP contribution in [0.25, 0.3) is 0 Å². The zero-order valence-electron chi connectivity index (χ0n) is 16.4.